The summed E-state index contributed by atoms with van der Waals surface area (Å²) < 4.78 is 4.95. The second kappa shape index (κ2) is 2.62. The normalized spacial score (nSPS) is 15.9. The molecule has 0 aromatic carbocycles. The standard InChI is InChI=1S/C8H10N2O2/c1-6-7(9-5-12-6)8(11)10-3-2-4-10/h5H,2-4H2,1H3. The lowest BCUT2D eigenvalue weighted by atomic mass is 10.2. The zero-order chi connectivity index (χ0) is 8.55. The van der Waals surface area contributed by atoms with Crippen molar-refractivity contribution in [2.45, 2.75) is 13.3 Å². The van der Waals surface area contributed by atoms with E-state index in [1.807, 2.05) is 0 Å². The summed E-state index contributed by atoms with van der Waals surface area (Å²) in [5.74, 6) is 0.597. The predicted molar refractivity (Wildman–Crippen MR) is 41.8 cm³/mol. The SMILES string of the molecule is Cc1ocnc1C(=O)N1CCC1. The molecular formula is C8H10N2O2. The molecule has 0 unspecified atom stereocenters. The van der Waals surface area contributed by atoms with Crippen LogP contribution in [0.1, 0.15) is 22.7 Å². The molecule has 0 spiro atoms. The molecule has 1 amide bonds. The lowest BCUT2D eigenvalue weighted by Crippen LogP contribution is -2.42. The number of likely N-dealkylation sites (tertiary alicyclic amines) is 1. The molecule has 2 rings (SSSR count). The molecule has 12 heavy (non-hydrogen) atoms. The van der Waals surface area contributed by atoms with Gasteiger partial charge < -0.3 is 9.32 Å². The van der Waals surface area contributed by atoms with Crippen LogP contribution in [0.25, 0.3) is 0 Å². The van der Waals surface area contributed by atoms with Gasteiger partial charge in [0.2, 0.25) is 0 Å². The van der Waals surface area contributed by atoms with E-state index >= 15 is 0 Å². The van der Waals surface area contributed by atoms with Gasteiger partial charge in [-0.25, -0.2) is 4.98 Å². The maximum atomic E-state index is 11.5. The van der Waals surface area contributed by atoms with E-state index in [1.54, 1.807) is 11.8 Å². The Hall–Kier alpha value is -1.32. The molecule has 4 nitrogen and oxygen atoms in total. The van der Waals surface area contributed by atoms with Gasteiger partial charge in [-0.3, -0.25) is 4.79 Å². The maximum absolute atomic E-state index is 11.5. The fourth-order valence-corrected chi connectivity index (χ4v) is 1.18. The van der Waals surface area contributed by atoms with E-state index < -0.39 is 0 Å². The predicted octanol–water partition coefficient (Wildman–Crippen LogP) is 0.829. The van der Waals surface area contributed by atoms with Gasteiger partial charge in [0.15, 0.2) is 12.1 Å². The van der Waals surface area contributed by atoms with Gasteiger partial charge in [-0.2, -0.15) is 0 Å². The molecule has 1 aromatic heterocycles. The maximum Gasteiger partial charge on any atom is 0.276 e. The Bertz CT molecular complexity index is 302. The van der Waals surface area contributed by atoms with Gasteiger partial charge in [-0.05, 0) is 13.3 Å². The number of carbonyl (C=O) groups excluding carboxylic acids is 1. The molecule has 64 valence electrons. The van der Waals surface area contributed by atoms with Crippen LogP contribution < -0.4 is 0 Å². The van der Waals surface area contributed by atoms with Gasteiger partial charge in [-0.1, -0.05) is 0 Å². The third kappa shape index (κ3) is 0.995. The minimum absolute atomic E-state index is 0.00694. The lowest BCUT2D eigenvalue weighted by Gasteiger charge is -2.30. The van der Waals surface area contributed by atoms with E-state index in [-0.39, 0.29) is 5.91 Å². The third-order valence-electron chi connectivity index (χ3n) is 2.09. The molecular weight excluding hydrogens is 156 g/mol. The lowest BCUT2D eigenvalue weighted by molar-refractivity contribution is 0.0644. The smallest absolute Gasteiger partial charge is 0.276 e. The molecule has 1 aliphatic rings. The summed E-state index contributed by atoms with van der Waals surface area (Å²) in [7, 11) is 0. The van der Waals surface area contributed by atoms with Crippen LogP contribution in [-0.2, 0) is 0 Å². The fraction of sp³-hybridized carbons (Fsp3) is 0.500. The number of amides is 1. The number of aromatic nitrogens is 1. The van der Waals surface area contributed by atoms with Crippen LogP contribution in [0, 0.1) is 6.92 Å². The Labute approximate surface area is 70.2 Å². The van der Waals surface area contributed by atoms with Crippen molar-refractivity contribution in [2.75, 3.05) is 13.1 Å². The highest BCUT2D eigenvalue weighted by Crippen LogP contribution is 2.13. The quantitative estimate of drug-likeness (QED) is 0.620. The summed E-state index contributed by atoms with van der Waals surface area (Å²) in [4.78, 5) is 17.1. The number of carbonyl (C=O) groups is 1. The first-order valence-corrected chi connectivity index (χ1v) is 3.98. The summed E-state index contributed by atoms with van der Waals surface area (Å²) in [6, 6.07) is 0. The van der Waals surface area contributed by atoms with Crippen molar-refractivity contribution in [3.8, 4) is 0 Å². The second-order valence-corrected chi connectivity index (χ2v) is 2.90. The summed E-state index contributed by atoms with van der Waals surface area (Å²) in [5.41, 5.74) is 0.453. The topological polar surface area (TPSA) is 46.3 Å². The molecule has 0 radical (unpaired) electrons. The average molecular weight is 166 g/mol. The molecule has 0 atom stereocenters. The molecule has 1 aromatic rings. The molecule has 0 N–H and O–H groups in total. The first kappa shape index (κ1) is 7.34. The average Bonchev–Trinajstić information content (AvgIpc) is 2.31. The number of rotatable bonds is 1. The number of oxazole rings is 1. The van der Waals surface area contributed by atoms with E-state index in [9.17, 15) is 4.79 Å². The van der Waals surface area contributed by atoms with E-state index in [0.29, 0.717) is 11.5 Å². The summed E-state index contributed by atoms with van der Waals surface area (Å²) >= 11 is 0. The highest BCUT2D eigenvalue weighted by molar-refractivity contribution is 5.93. The molecule has 1 fully saturated rings. The summed E-state index contributed by atoms with van der Waals surface area (Å²) in [5, 5.41) is 0. The van der Waals surface area contributed by atoms with Crippen molar-refractivity contribution < 1.29 is 9.21 Å². The Balaban J connectivity index is 2.19. The van der Waals surface area contributed by atoms with E-state index in [0.717, 1.165) is 19.5 Å². The van der Waals surface area contributed by atoms with Crippen molar-refractivity contribution in [3.05, 3.63) is 17.8 Å². The Kier molecular flexibility index (Phi) is 1.60. The van der Waals surface area contributed by atoms with Gasteiger partial charge in [0, 0.05) is 13.1 Å². The Morgan fingerprint density at radius 1 is 1.67 bits per heavy atom. The molecule has 2 heterocycles. The first-order chi connectivity index (χ1) is 5.79. The van der Waals surface area contributed by atoms with Gasteiger partial charge in [0.1, 0.15) is 5.76 Å². The second-order valence-electron chi connectivity index (χ2n) is 2.90. The van der Waals surface area contributed by atoms with Gasteiger partial charge in [0.25, 0.3) is 5.91 Å². The molecule has 0 saturated carbocycles. The van der Waals surface area contributed by atoms with Gasteiger partial charge in [0.05, 0.1) is 0 Å². The number of hydrogen-bond donors (Lipinski definition) is 0. The van der Waals surface area contributed by atoms with Crippen LogP contribution in [0.3, 0.4) is 0 Å². The van der Waals surface area contributed by atoms with Gasteiger partial charge >= 0.3 is 0 Å². The molecule has 0 aliphatic carbocycles. The number of nitrogens with zero attached hydrogens (tertiary/aromatic N) is 2. The minimum Gasteiger partial charge on any atom is -0.448 e. The zero-order valence-corrected chi connectivity index (χ0v) is 6.91. The van der Waals surface area contributed by atoms with Crippen LogP contribution >= 0.6 is 0 Å². The molecule has 1 aliphatic heterocycles. The van der Waals surface area contributed by atoms with Crippen molar-refractivity contribution in [1.82, 2.24) is 9.88 Å². The van der Waals surface area contributed by atoms with Crippen LogP contribution in [0.5, 0.6) is 0 Å². The highest BCUT2D eigenvalue weighted by atomic mass is 16.3. The van der Waals surface area contributed by atoms with E-state index in [4.69, 9.17) is 4.42 Å². The zero-order valence-electron chi connectivity index (χ0n) is 6.91. The van der Waals surface area contributed by atoms with Crippen molar-refractivity contribution in [1.29, 1.82) is 0 Å². The first-order valence-electron chi connectivity index (χ1n) is 3.98. The largest absolute Gasteiger partial charge is 0.448 e. The van der Waals surface area contributed by atoms with Gasteiger partial charge in [-0.15, -0.1) is 0 Å². The molecule has 0 bridgehead atoms. The summed E-state index contributed by atoms with van der Waals surface area (Å²) in [6.45, 7) is 3.45. The van der Waals surface area contributed by atoms with Crippen molar-refractivity contribution in [3.63, 3.8) is 0 Å². The molecule has 1 saturated heterocycles. The fourth-order valence-electron chi connectivity index (χ4n) is 1.18. The minimum atomic E-state index is -0.00694. The van der Waals surface area contributed by atoms with Crippen LogP contribution in [0.15, 0.2) is 10.8 Å². The number of hydrogen-bond acceptors (Lipinski definition) is 3. The Morgan fingerprint density at radius 3 is 2.83 bits per heavy atom. The van der Waals surface area contributed by atoms with Crippen LogP contribution in [0.2, 0.25) is 0 Å². The third-order valence-corrected chi connectivity index (χ3v) is 2.09. The number of aryl methyl sites for hydroxylation is 1. The van der Waals surface area contributed by atoms with E-state index in [2.05, 4.69) is 4.98 Å². The molecule has 4 heteroatoms. The summed E-state index contributed by atoms with van der Waals surface area (Å²) in [6.07, 6.45) is 2.41. The van der Waals surface area contributed by atoms with Crippen LogP contribution in [-0.4, -0.2) is 28.9 Å². The van der Waals surface area contributed by atoms with E-state index in [1.165, 1.54) is 6.39 Å². The highest BCUT2D eigenvalue weighted by Gasteiger charge is 2.24. The Morgan fingerprint density at radius 2 is 2.42 bits per heavy atom. The van der Waals surface area contributed by atoms with Crippen molar-refractivity contribution >= 4 is 5.91 Å². The monoisotopic (exact) mass is 166 g/mol. The van der Waals surface area contributed by atoms with Crippen molar-refractivity contribution in [2.24, 2.45) is 0 Å². The van der Waals surface area contributed by atoms with Crippen LogP contribution in [0.4, 0.5) is 0 Å².